The fourth-order valence-corrected chi connectivity index (χ4v) is 1.42. The topological polar surface area (TPSA) is 40.9 Å². The molecule has 0 aliphatic rings. The average molecular weight is 231 g/mol. The number of carbonyl (C=O) groups is 1. The number of carbonyl (C=O) groups excluding carboxylic acids is 1. The second-order valence-corrected chi connectivity index (χ2v) is 3.63. The predicted molar refractivity (Wildman–Crippen MR) is 68.8 cm³/mol. The van der Waals surface area contributed by atoms with Crippen LogP contribution in [0.15, 0.2) is 54.6 Å². The monoisotopic (exact) mass is 231 g/mol. The molecule has 0 spiro atoms. The van der Waals surface area contributed by atoms with E-state index in [0.717, 1.165) is 5.56 Å². The van der Waals surface area contributed by atoms with E-state index in [-0.39, 0.29) is 5.78 Å². The number of nitrogens with zero attached hydrogens (tertiary/aromatic N) is 1. The lowest BCUT2D eigenvalue weighted by molar-refractivity contribution is 0.105. The third-order valence-corrected chi connectivity index (χ3v) is 2.37. The Morgan fingerprint density at radius 2 is 1.50 bits per heavy atom. The van der Waals surface area contributed by atoms with Crippen LogP contribution in [-0.2, 0) is 0 Å². The molecule has 0 aromatic heterocycles. The summed E-state index contributed by atoms with van der Waals surface area (Å²) in [6.07, 6.45) is 0. The summed E-state index contributed by atoms with van der Waals surface area (Å²) >= 11 is 0. The number of hydrogen-bond acceptors (Lipinski definition) is 2. The largest absolute Gasteiger partial charge is 0.279 e. The first-order valence-electron chi connectivity index (χ1n) is 5.41. The van der Waals surface area contributed by atoms with Gasteiger partial charge in [0.15, 0.2) is 0 Å². The molecule has 0 aliphatic heterocycles. The Morgan fingerprint density at radius 3 is 2.11 bits per heavy atom. The first-order valence-corrected chi connectivity index (χ1v) is 5.41. The maximum absolute atomic E-state index is 11.7. The molecule has 0 radical (unpaired) electrons. The summed E-state index contributed by atoms with van der Waals surface area (Å²) in [6.45, 7) is 0. The first kappa shape index (κ1) is 11.6. The van der Waals surface area contributed by atoms with E-state index in [2.05, 4.69) is 11.8 Å². The first-order chi connectivity index (χ1) is 8.79. The van der Waals surface area contributed by atoms with E-state index >= 15 is 0 Å². The van der Waals surface area contributed by atoms with Crippen LogP contribution in [0.1, 0.15) is 21.5 Å². The molecule has 2 aromatic rings. The van der Waals surface area contributed by atoms with Crippen molar-refractivity contribution in [3.8, 4) is 17.9 Å². The van der Waals surface area contributed by atoms with Crippen LogP contribution in [0, 0.1) is 23.2 Å². The second-order valence-electron chi connectivity index (χ2n) is 3.63. The van der Waals surface area contributed by atoms with Crippen LogP contribution >= 0.6 is 0 Å². The van der Waals surface area contributed by atoms with Crippen molar-refractivity contribution in [2.45, 2.75) is 0 Å². The van der Waals surface area contributed by atoms with E-state index in [4.69, 9.17) is 5.26 Å². The summed E-state index contributed by atoms with van der Waals surface area (Å²) in [4.78, 5) is 11.7. The molecular formula is C16H9NO. The van der Waals surface area contributed by atoms with Gasteiger partial charge in [0, 0.05) is 11.1 Å². The Kier molecular flexibility index (Phi) is 3.54. The Morgan fingerprint density at radius 1 is 0.889 bits per heavy atom. The van der Waals surface area contributed by atoms with Gasteiger partial charge in [-0.25, -0.2) is 0 Å². The van der Waals surface area contributed by atoms with E-state index < -0.39 is 0 Å². The highest BCUT2D eigenvalue weighted by atomic mass is 16.1. The molecule has 0 saturated heterocycles. The number of hydrogen-bond donors (Lipinski definition) is 0. The highest BCUT2D eigenvalue weighted by Gasteiger charge is 1.99. The molecule has 2 heteroatoms. The molecule has 0 fully saturated rings. The summed E-state index contributed by atoms with van der Waals surface area (Å²) in [7, 11) is 0. The van der Waals surface area contributed by atoms with E-state index in [0.29, 0.717) is 11.1 Å². The molecule has 0 atom stereocenters. The predicted octanol–water partition coefficient (Wildman–Crippen LogP) is 2.79. The highest BCUT2D eigenvalue weighted by molar-refractivity contribution is 6.09. The van der Waals surface area contributed by atoms with Gasteiger partial charge in [0.05, 0.1) is 11.6 Å². The van der Waals surface area contributed by atoms with Crippen molar-refractivity contribution in [1.29, 1.82) is 5.26 Å². The maximum Gasteiger partial charge on any atom is 0.236 e. The molecule has 0 aliphatic carbocycles. The third kappa shape index (κ3) is 2.84. The fourth-order valence-electron chi connectivity index (χ4n) is 1.42. The van der Waals surface area contributed by atoms with Gasteiger partial charge in [-0.1, -0.05) is 36.3 Å². The molecule has 0 saturated carbocycles. The third-order valence-electron chi connectivity index (χ3n) is 2.37. The van der Waals surface area contributed by atoms with Crippen molar-refractivity contribution in [2.24, 2.45) is 0 Å². The molecular weight excluding hydrogens is 222 g/mol. The van der Waals surface area contributed by atoms with Crippen molar-refractivity contribution in [2.75, 3.05) is 0 Å². The van der Waals surface area contributed by atoms with Gasteiger partial charge in [-0.05, 0) is 30.2 Å². The van der Waals surface area contributed by atoms with E-state index in [1.54, 1.807) is 48.5 Å². The van der Waals surface area contributed by atoms with E-state index in [1.165, 1.54) is 0 Å². The summed E-state index contributed by atoms with van der Waals surface area (Å²) in [5.41, 5.74) is 1.88. The molecule has 0 heterocycles. The van der Waals surface area contributed by atoms with Gasteiger partial charge < -0.3 is 0 Å². The number of nitriles is 1. The van der Waals surface area contributed by atoms with Gasteiger partial charge in [-0.2, -0.15) is 5.26 Å². The zero-order chi connectivity index (χ0) is 12.8. The summed E-state index contributed by atoms with van der Waals surface area (Å²) in [5.74, 6) is 5.16. The SMILES string of the molecule is N#Cc1ccc(C#CC(=O)c2ccccc2)cc1. The molecule has 2 rings (SSSR count). The zero-order valence-corrected chi connectivity index (χ0v) is 9.55. The normalized spacial score (nSPS) is 8.83. The smallest absolute Gasteiger partial charge is 0.236 e. The number of rotatable bonds is 1. The van der Waals surface area contributed by atoms with Gasteiger partial charge in [0.1, 0.15) is 0 Å². The molecule has 84 valence electrons. The average Bonchev–Trinajstić information content (AvgIpc) is 2.46. The lowest BCUT2D eigenvalue weighted by Gasteiger charge is -1.92. The van der Waals surface area contributed by atoms with Gasteiger partial charge in [-0.15, -0.1) is 0 Å². The van der Waals surface area contributed by atoms with Gasteiger partial charge in [-0.3, -0.25) is 4.79 Å². The minimum atomic E-state index is -0.208. The number of benzene rings is 2. The van der Waals surface area contributed by atoms with Crippen molar-refractivity contribution < 1.29 is 4.79 Å². The van der Waals surface area contributed by atoms with Crippen molar-refractivity contribution in [3.63, 3.8) is 0 Å². The molecule has 0 unspecified atom stereocenters. The highest BCUT2D eigenvalue weighted by Crippen LogP contribution is 2.02. The summed E-state index contributed by atoms with van der Waals surface area (Å²) in [6, 6.07) is 17.8. The van der Waals surface area contributed by atoms with Crippen LogP contribution in [0.3, 0.4) is 0 Å². The van der Waals surface area contributed by atoms with Gasteiger partial charge >= 0.3 is 0 Å². The Hall–Kier alpha value is -2.84. The molecule has 0 N–H and O–H groups in total. The minimum Gasteiger partial charge on any atom is -0.279 e. The lowest BCUT2D eigenvalue weighted by Crippen LogP contribution is -1.93. The van der Waals surface area contributed by atoms with Crippen molar-refractivity contribution in [3.05, 3.63) is 71.3 Å². The van der Waals surface area contributed by atoms with E-state index in [9.17, 15) is 4.79 Å². The Labute approximate surface area is 106 Å². The van der Waals surface area contributed by atoms with Gasteiger partial charge in [0.25, 0.3) is 0 Å². The van der Waals surface area contributed by atoms with Crippen LogP contribution in [0.5, 0.6) is 0 Å². The molecule has 18 heavy (non-hydrogen) atoms. The van der Waals surface area contributed by atoms with Gasteiger partial charge in [0.2, 0.25) is 5.78 Å². The summed E-state index contributed by atoms with van der Waals surface area (Å²) in [5, 5.41) is 8.66. The Bertz CT molecular complexity index is 652. The fraction of sp³-hybridized carbons (Fsp3) is 0. The van der Waals surface area contributed by atoms with Crippen LogP contribution in [-0.4, -0.2) is 5.78 Å². The quantitative estimate of drug-likeness (QED) is 0.559. The maximum atomic E-state index is 11.7. The lowest BCUT2D eigenvalue weighted by atomic mass is 10.1. The Balaban J connectivity index is 2.17. The molecule has 0 bridgehead atoms. The van der Waals surface area contributed by atoms with Crippen LogP contribution in [0.2, 0.25) is 0 Å². The van der Waals surface area contributed by atoms with Crippen molar-refractivity contribution in [1.82, 2.24) is 0 Å². The number of Topliss-reactive ketones (excluding diaryl/α,β-unsaturated/α-hetero) is 1. The van der Waals surface area contributed by atoms with Crippen LogP contribution < -0.4 is 0 Å². The van der Waals surface area contributed by atoms with Crippen LogP contribution in [0.25, 0.3) is 0 Å². The minimum absolute atomic E-state index is 0.208. The van der Waals surface area contributed by atoms with Crippen molar-refractivity contribution >= 4 is 5.78 Å². The standard InChI is InChI=1S/C16H9NO/c17-12-14-8-6-13(7-9-14)10-11-16(18)15-4-2-1-3-5-15/h1-9H. The second kappa shape index (κ2) is 5.48. The molecule has 0 amide bonds. The molecule has 2 aromatic carbocycles. The zero-order valence-electron chi connectivity index (χ0n) is 9.55. The molecule has 2 nitrogen and oxygen atoms in total. The summed E-state index contributed by atoms with van der Waals surface area (Å²) < 4.78 is 0. The number of ketones is 1. The van der Waals surface area contributed by atoms with E-state index in [1.807, 2.05) is 12.1 Å². The van der Waals surface area contributed by atoms with Crippen LogP contribution in [0.4, 0.5) is 0 Å².